The van der Waals surface area contributed by atoms with Crippen LogP contribution in [0, 0.1) is 0 Å². The molecule has 0 nitrogen and oxygen atoms in total. The van der Waals surface area contributed by atoms with Crippen molar-refractivity contribution in [3.8, 4) is 0 Å². The predicted octanol–water partition coefficient (Wildman–Crippen LogP) is 5.67. The molecule has 0 fully saturated rings. The summed E-state index contributed by atoms with van der Waals surface area (Å²) >= 11 is 3.09. The highest BCUT2D eigenvalue weighted by Gasteiger charge is 2.31. The van der Waals surface area contributed by atoms with Crippen molar-refractivity contribution < 1.29 is 13.2 Å². The van der Waals surface area contributed by atoms with Crippen molar-refractivity contribution in [3.05, 3.63) is 71.3 Å². The summed E-state index contributed by atoms with van der Waals surface area (Å²) in [5.74, 6) is 0. The third kappa shape index (κ3) is 4.67. The molecular weight excluding hydrogens is 329 g/mol. The Kier molecular flexibility index (Phi) is 4.86. The van der Waals surface area contributed by atoms with E-state index in [1.54, 1.807) is 12.1 Å². The Hall–Kier alpha value is -1.29. The van der Waals surface area contributed by atoms with Crippen molar-refractivity contribution >= 4 is 15.9 Å². The van der Waals surface area contributed by atoms with Gasteiger partial charge in [-0.15, -0.1) is 0 Å². The van der Waals surface area contributed by atoms with Gasteiger partial charge in [0.2, 0.25) is 0 Å². The van der Waals surface area contributed by atoms with Gasteiger partial charge in [-0.3, -0.25) is 0 Å². The molecule has 4 heteroatoms. The zero-order chi connectivity index (χ0) is 14.6. The van der Waals surface area contributed by atoms with Crippen LogP contribution in [0.2, 0.25) is 0 Å². The summed E-state index contributed by atoms with van der Waals surface area (Å²) in [7, 11) is 0. The molecule has 0 radical (unpaired) electrons. The van der Waals surface area contributed by atoms with Gasteiger partial charge in [-0.25, -0.2) is 0 Å². The molecule has 2 aromatic rings. The van der Waals surface area contributed by atoms with E-state index in [1.807, 2.05) is 42.5 Å². The fraction of sp³-hybridized carbons (Fsp3) is 0.250. The van der Waals surface area contributed by atoms with Crippen LogP contribution in [0.4, 0.5) is 13.2 Å². The van der Waals surface area contributed by atoms with Crippen LogP contribution in [-0.4, -0.2) is 6.18 Å². The second kappa shape index (κ2) is 6.44. The SMILES string of the molecule is FC(F)(F)CC(Br)c1ccc(Cc2ccccc2)cc1. The van der Waals surface area contributed by atoms with Crippen molar-refractivity contribution in [2.24, 2.45) is 0 Å². The highest BCUT2D eigenvalue weighted by molar-refractivity contribution is 9.09. The van der Waals surface area contributed by atoms with Gasteiger partial charge in [0.25, 0.3) is 0 Å². The van der Waals surface area contributed by atoms with Crippen LogP contribution in [0.5, 0.6) is 0 Å². The second-order valence-corrected chi connectivity index (χ2v) is 5.80. The molecule has 1 atom stereocenters. The average molecular weight is 343 g/mol. The summed E-state index contributed by atoms with van der Waals surface area (Å²) in [5, 5.41) is 0. The molecule has 0 spiro atoms. The first-order valence-electron chi connectivity index (χ1n) is 6.27. The smallest absolute Gasteiger partial charge is 0.171 e. The topological polar surface area (TPSA) is 0 Å². The van der Waals surface area contributed by atoms with Gasteiger partial charge in [-0.2, -0.15) is 13.2 Å². The maximum absolute atomic E-state index is 12.3. The van der Waals surface area contributed by atoms with Crippen LogP contribution in [0.15, 0.2) is 54.6 Å². The molecule has 2 rings (SSSR count). The monoisotopic (exact) mass is 342 g/mol. The summed E-state index contributed by atoms with van der Waals surface area (Å²) in [6.07, 6.45) is -4.23. The van der Waals surface area contributed by atoms with Gasteiger partial charge in [0.15, 0.2) is 0 Å². The van der Waals surface area contributed by atoms with E-state index in [0.29, 0.717) is 5.56 Å². The number of hydrogen-bond acceptors (Lipinski definition) is 0. The predicted molar refractivity (Wildman–Crippen MR) is 78.0 cm³/mol. The van der Waals surface area contributed by atoms with Gasteiger partial charge < -0.3 is 0 Å². The summed E-state index contributed by atoms with van der Waals surface area (Å²) in [6, 6.07) is 17.2. The second-order valence-electron chi connectivity index (χ2n) is 4.69. The van der Waals surface area contributed by atoms with E-state index >= 15 is 0 Å². The Morgan fingerprint density at radius 2 is 1.40 bits per heavy atom. The molecule has 0 aliphatic rings. The lowest BCUT2D eigenvalue weighted by atomic mass is 10.0. The molecule has 20 heavy (non-hydrogen) atoms. The third-order valence-corrected chi connectivity index (χ3v) is 3.86. The maximum Gasteiger partial charge on any atom is 0.390 e. The fourth-order valence-corrected chi connectivity index (χ4v) is 2.67. The molecule has 0 aliphatic heterocycles. The van der Waals surface area contributed by atoms with Gasteiger partial charge >= 0.3 is 6.18 Å². The van der Waals surface area contributed by atoms with Crippen LogP contribution in [-0.2, 0) is 6.42 Å². The standard InChI is InChI=1S/C16H14BrF3/c17-15(11-16(18,19)20)14-8-6-13(7-9-14)10-12-4-2-1-3-5-12/h1-9,15H,10-11H2. The minimum absolute atomic E-state index is 0.652. The molecular formula is C16H14BrF3. The van der Waals surface area contributed by atoms with Crippen molar-refractivity contribution in [1.82, 2.24) is 0 Å². The van der Waals surface area contributed by atoms with Crippen LogP contribution < -0.4 is 0 Å². The van der Waals surface area contributed by atoms with Gasteiger partial charge in [0.05, 0.1) is 6.42 Å². The van der Waals surface area contributed by atoms with E-state index in [9.17, 15) is 13.2 Å². The number of halogens is 4. The Balaban J connectivity index is 2.03. The van der Waals surface area contributed by atoms with E-state index in [1.165, 1.54) is 5.56 Å². The largest absolute Gasteiger partial charge is 0.390 e. The summed E-state index contributed by atoms with van der Waals surface area (Å²) in [6.45, 7) is 0. The average Bonchev–Trinajstić information content (AvgIpc) is 2.39. The van der Waals surface area contributed by atoms with Crippen LogP contribution in [0.3, 0.4) is 0 Å². The van der Waals surface area contributed by atoms with Crippen LogP contribution >= 0.6 is 15.9 Å². The van der Waals surface area contributed by atoms with E-state index in [-0.39, 0.29) is 0 Å². The maximum atomic E-state index is 12.3. The molecule has 0 N–H and O–H groups in total. The van der Waals surface area contributed by atoms with Crippen molar-refractivity contribution in [2.75, 3.05) is 0 Å². The van der Waals surface area contributed by atoms with E-state index < -0.39 is 17.4 Å². The zero-order valence-corrected chi connectivity index (χ0v) is 12.3. The van der Waals surface area contributed by atoms with Crippen LogP contribution in [0.25, 0.3) is 0 Å². The molecule has 106 valence electrons. The van der Waals surface area contributed by atoms with Gasteiger partial charge in [0, 0.05) is 4.83 Å². The summed E-state index contributed by atoms with van der Waals surface area (Å²) in [4.78, 5) is -0.687. The number of hydrogen-bond donors (Lipinski definition) is 0. The van der Waals surface area contributed by atoms with Gasteiger partial charge in [0.1, 0.15) is 0 Å². The molecule has 0 amide bonds. The Bertz CT molecular complexity index is 532. The molecule has 0 bridgehead atoms. The minimum atomic E-state index is -4.16. The molecule has 1 unspecified atom stereocenters. The number of benzene rings is 2. The molecule has 0 heterocycles. The first-order valence-corrected chi connectivity index (χ1v) is 7.19. The Labute approximate surface area is 124 Å². The molecule has 0 aromatic heterocycles. The zero-order valence-electron chi connectivity index (χ0n) is 10.7. The summed E-state index contributed by atoms with van der Waals surface area (Å²) in [5.41, 5.74) is 2.93. The van der Waals surface area contributed by atoms with Crippen molar-refractivity contribution in [1.29, 1.82) is 0 Å². The Morgan fingerprint density at radius 3 is 1.95 bits per heavy atom. The third-order valence-electron chi connectivity index (χ3n) is 3.00. The summed E-state index contributed by atoms with van der Waals surface area (Å²) < 4.78 is 37.0. The first-order chi connectivity index (χ1) is 9.44. The highest BCUT2D eigenvalue weighted by atomic mass is 79.9. The van der Waals surface area contributed by atoms with Crippen molar-refractivity contribution in [2.45, 2.75) is 23.8 Å². The quantitative estimate of drug-likeness (QED) is 0.628. The van der Waals surface area contributed by atoms with Gasteiger partial charge in [-0.1, -0.05) is 70.5 Å². The fourth-order valence-electron chi connectivity index (χ4n) is 2.00. The Morgan fingerprint density at radius 1 is 0.850 bits per heavy atom. The lowest BCUT2D eigenvalue weighted by molar-refractivity contribution is -0.134. The lowest BCUT2D eigenvalue weighted by Gasteiger charge is -2.13. The van der Waals surface area contributed by atoms with E-state index in [4.69, 9.17) is 0 Å². The van der Waals surface area contributed by atoms with Crippen molar-refractivity contribution in [3.63, 3.8) is 0 Å². The van der Waals surface area contributed by atoms with E-state index in [0.717, 1.165) is 12.0 Å². The van der Waals surface area contributed by atoms with Crippen LogP contribution in [0.1, 0.15) is 27.9 Å². The highest BCUT2D eigenvalue weighted by Crippen LogP contribution is 2.35. The molecule has 0 saturated heterocycles. The number of rotatable bonds is 4. The van der Waals surface area contributed by atoms with E-state index in [2.05, 4.69) is 15.9 Å². The normalized spacial score (nSPS) is 13.2. The minimum Gasteiger partial charge on any atom is -0.171 e. The number of alkyl halides is 4. The molecule has 0 aliphatic carbocycles. The molecule has 0 saturated carbocycles. The van der Waals surface area contributed by atoms with Gasteiger partial charge in [-0.05, 0) is 23.1 Å². The first kappa shape index (κ1) is 15.1. The lowest BCUT2D eigenvalue weighted by Crippen LogP contribution is -2.10. The molecule has 2 aromatic carbocycles.